The summed E-state index contributed by atoms with van der Waals surface area (Å²) in [7, 11) is -3.38. The molecule has 1 aliphatic heterocycles. The van der Waals surface area contributed by atoms with Crippen LogP contribution < -0.4 is 25.4 Å². The van der Waals surface area contributed by atoms with Crippen molar-refractivity contribution < 1.29 is 17.9 Å². The van der Waals surface area contributed by atoms with Gasteiger partial charge in [0.05, 0.1) is 24.6 Å². The number of ether oxygens (including phenoxy) is 1. The van der Waals surface area contributed by atoms with E-state index < -0.39 is 10.0 Å². The molecule has 0 spiro atoms. The Kier molecular flexibility index (Phi) is 6.88. The van der Waals surface area contributed by atoms with Crippen LogP contribution in [0.2, 0.25) is 0 Å². The lowest BCUT2D eigenvalue weighted by Gasteiger charge is -2.16. The second kappa shape index (κ2) is 9.38. The summed E-state index contributed by atoms with van der Waals surface area (Å²) in [5.41, 5.74) is 1.76. The fourth-order valence-electron chi connectivity index (χ4n) is 2.78. The Labute approximate surface area is 174 Å². The average molecular weight is 437 g/mol. The van der Waals surface area contributed by atoms with Crippen molar-refractivity contribution in [3.8, 4) is 5.75 Å². The predicted molar refractivity (Wildman–Crippen MR) is 118 cm³/mol. The zero-order valence-corrected chi connectivity index (χ0v) is 17.8. The molecule has 1 heterocycles. The summed E-state index contributed by atoms with van der Waals surface area (Å²) in [5, 5.41) is 9.40. The van der Waals surface area contributed by atoms with E-state index in [4.69, 9.17) is 4.74 Å². The van der Waals surface area contributed by atoms with Crippen molar-refractivity contribution in [3.05, 3.63) is 48.5 Å². The van der Waals surface area contributed by atoms with E-state index in [9.17, 15) is 13.2 Å². The van der Waals surface area contributed by atoms with Crippen LogP contribution >= 0.6 is 11.8 Å². The molecule has 2 aromatic rings. The Balaban J connectivity index is 1.53. The zero-order chi connectivity index (χ0) is 20.9. The van der Waals surface area contributed by atoms with Gasteiger partial charge < -0.3 is 15.4 Å². The molecule has 4 N–H and O–H groups in total. The van der Waals surface area contributed by atoms with E-state index in [1.165, 1.54) is 0 Å². The molecule has 1 saturated heterocycles. The molecule has 0 bridgehead atoms. The van der Waals surface area contributed by atoms with Crippen LogP contribution in [0.3, 0.4) is 0 Å². The van der Waals surface area contributed by atoms with E-state index in [2.05, 4.69) is 20.7 Å². The number of hydrogen-bond donors (Lipinski definition) is 4. The summed E-state index contributed by atoms with van der Waals surface area (Å²) in [6, 6.07) is 13.9. The molecule has 156 valence electrons. The number of rotatable bonds is 8. The van der Waals surface area contributed by atoms with Crippen LogP contribution in [-0.4, -0.2) is 44.5 Å². The molecule has 2 atom stereocenters. The highest BCUT2D eigenvalue weighted by molar-refractivity contribution is 8.00. The third-order valence-corrected chi connectivity index (χ3v) is 5.71. The first-order valence-corrected chi connectivity index (χ1v) is 12.0. The first kappa shape index (κ1) is 21.3. The number of benzene rings is 2. The number of thioether (sulfide) groups is 1. The maximum atomic E-state index is 12.6. The lowest BCUT2D eigenvalue weighted by molar-refractivity contribution is -0.117. The van der Waals surface area contributed by atoms with Crippen LogP contribution in [0.5, 0.6) is 5.75 Å². The molecule has 3 rings (SSSR count). The smallest absolute Gasteiger partial charge is 0.242 e. The van der Waals surface area contributed by atoms with Gasteiger partial charge in [-0.1, -0.05) is 6.07 Å². The van der Waals surface area contributed by atoms with Crippen molar-refractivity contribution in [2.24, 2.45) is 0 Å². The highest BCUT2D eigenvalue weighted by Crippen LogP contribution is 2.24. The molecule has 29 heavy (non-hydrogen) atoms. The van der Waals surface area contributed by atoms with Crippen molar-refractivity contribution in [3.63, 3.8) is 0 Å². The minimum Gasteiger partial charge on any atom is -0.494 e. The van der Waals surface area contributed by atoms with Gasteiger partial charge in [-0.15, -0.1) is 11.8 Å². The third kappa shape index (κ3) is 6.55. The lowest BCUT2D eigenvalue weighted by Crippen LogP contribution is -2.42. The molecule has 1 aliphatic rings. The normalized spacial score (nSPS) is 18.8. The molecule has 8 nitrogen and oxygen atoms in total. The highest BCUT2D eigenvalue weighted by Gasteiger charge is 2.29. The number of carbonyl (C=O) groups is 1. The monoisotopic (exact) mass is 436 g/mol. The van der Waals surface area contributed by atoms with E-state index >= 15 is 0 Å². The number of hydrogen-bond acceptors (Lipinski definition) is 7. The molecule has 2 unspecified atom stereocenters. The minimum absolute atomic E-state index is 0.0954. The molecule has 0 aliphatic carbocycles. The van der Waals surface area contributed by atoms with E-state index in [1.807, 2.05) is 31.2 Å². The fourth-order valence-corrected chi connectivity index (χ4v) is 4.44. The van der Waals surface area contributed by atoms with Gasteiger partial charge in [0.25, 0.3) is 0 Å². The van der Waals surface area contributed by atoms with Crippen molar-refractivity contribution >= 4 is 44.8 Å². The topological polar surface area (TPSA) is 109 Å². The van der Waals surface area contributed by atoms with Gasteiger partial charge in [0, 0.05) is 17.1 Å². The largest absolute Gasteiger partial charge is 0.494 e. The van der Waals surface area contributed by atoms with Crippen molar-refractivity contribution in [1.82, 2.24) is 5.32 Å². The van der Waals surface area contributed by atoms with E-state index in [0.29, 0.717) is 23.7 Å². The molecule has 0 aromatic heterocycles. The molecular weight excluding hydrogens is 412 g/mol. The summed E-state index contributed by atoms with van der Waals surface area (Å²) in [6.45, 7) is 2.56. The fraction of sp³-hybridized carbons (Fsp3) is 0.316. The molecule has 1 amide bonds. The Bertz CT molecular complexity index is 951. The van der Waals surface area contributed by atoms with E-state index in [1.54, 1.807) is 36.0 Å². The van der Waals surface area contributed by atoms with Gasteiger partial charge in [-0.25, -0.2) is 8.42 Å². The first-order valence-electron chi connectivity index (χ1n) is 9.08. The summed E-state index contributed by atoms with van der Waals surface area (Å²) < 4.78 is 30.5. The SMILES string of the molecule is CCOc1ccc(NC2NC(C(=O)Nc3cccc(NS(C)(=O)=O)c3)CS2)cc1. The van der Waals surface area contributed by atoms with Crippen LogP contribution in [0.4, 0.5) is 17.1 Å². The first-order chi connectivity index (χ1) is 13.8. The van der Waals surface area contributed by atoms with Crippen LogP contribution in [0.15, 0.2) is 48.5 Å². The Hall–Kier alpha value is -2.43. The molecule has 0 saturated carbocycles. The van der Waals surface area contributed by atoms with E-state index in [-0.39, 0.29) is 17.4 Å². The molecule has 10 heteroatoms. The number of nitrogens with one attached hydrogen (secondary N) is 4. The zero-order valence-electron chi connectivity index (χ0n) is 16.1. The van der Waals surface area contributed by atoms with Crippen LogP contribution in [-0.2, 0) is 14.8 Å². The highest BCUT2D eigenvalue weighted by atomic mass is 32.2. The van der Waals surface area contributed by atoms with Gasteiger partial charge in [0.1, 0.15) is 11.2 Å². The summed E-state index contributed by atoms with van der Waals surface area (Å²) in [4.78, 5) is 12.6. The lowest BCUT2D eigenvalue weighted by atomic mass is 10.2. The van der Waals surface area contributed by atoms with Crippen LogP contribution in [0.25, 0.3) is 0 Å². The minimum atomic E-state index is -3.38. The number of amides is 1. The van der Waals surface area contributed by atoms with Gasteiger partial charge >= 0.3 is 0 Å². The Morgan fingerprint density at radius 1 is 1.17 bits per heavy atom. The average Bonchev–Trinajstić information content (AvgIpc) is 3.11. The Morgan fingerprint density at radius 2 is 1.90 bits per heavy atom. The maximum Gasteiger partial charge on any atom is 0.242 e. The number of sulfonamides is 1. The molecule has 1 fully saturated rings. The van der Waals surface area contributed by atoms with Crippen LogP contribution in [0.1, 0.15) is 6.92 Å². The van der Waals surface area contributed by atoms with Crippen molar-refractivity contribution in [1.29, 1.82) is 0 Å². The summed E-state index contributed by atoms with van der Waals surface area (Å²) in [5.74, 6) is 1.25. The molecule has 2 aromatic carbocycles. The van der Waals surface area contributed by atoms with Gasteiger partial charge in [-0.3, -0.25) is 14.8 Å². The number of anilines is 3. The van der Waals surface area contributed by atoms with Gasteiger partial charge in [0.15, 0.2) is 0 Å². The quantitative estimate of drug-likeness (QED) is 0.503. The second-order valence-corrected chi connectivity index (χ2v) is 9.37. The molecular formula is C19H24N4O4S2. The Morgan fingerprint density at radius 3 is 2.59 bits per heavy atom. The summed E-state index contributed by atoms with van der Waals surface area (Å²) in [6.07, 6.45) is 1.08. The standard InChI is InChI=1S/C19H24N4O4S2/c1-3-27-16-9-7-13(8-10-16)21-19-22-17(12-28-19)18(24)20-14-5-4-6-15(11-14)23-29(2,25)26/h4-11,17,19,21-23H,3,12H2,1-2H3,(H,20,24). The maximum absolute atomic E-state index is 12.6. The second-order valence-electron chi connectivity index (χ2n) is 6.48. The summed E-state index contributed by atoms with van der Waals surface area (Å²) >= 11 is 1.60. The van der Waals surface area contributed by atoms with Gasteiger partial charge in [-0.05, 0) is 49.4 Å². The van der Waals surface area contributed by atoms with Crippen LogP contribution in [0, 0.1) is 0 Å². The third-order valence-electron chi connectivity index (χ3n) is 4.00. The van der Waals surface area contributed by atoms with Gasteiger partial charge in [0.2, 0.25) is 15.9 Å². The van der Waals surface area contributed by atoms with Crippen molar-refractivity contribution in [2.45, 2.75) is 18.5 Å². The van der Waals surface area contributed by atoms with Crippen molar-refractivity contribution in [2.75, 3.05) is 34.0 Å². The van der Waals surface area contributed by atoms with Gasteiger partial charge in [-0.2, -0.15) is 0 Å². The predicted octanol–water partition coefficient (Wildman–Crippen LogP) is 2.50. The number of carbonyl (C=O) groups excluding carboxylic acids is 1. The molecule has 0 radical (unpaired) electrons. The van der Waals surface area contributed by atoms with E-state index in [0.717, 1.165) is 17.7 Å².